The van der Waals surface area contributed by atoms with Gasteiger partial charge < -0.3 is 0 Å². The van der Waals surface area contributed by atoms with Crippen molar-refractivity contribution in [2.24, 2.45) is 0 Å². The van der Waals surface area contributed by atoms with E-state index in [-0.39, 0.29) is 0 Å². The summed E-state index contributed by atoms with van der Waals surface area (Å²) in [6, 6.07) is 20.1. The number of hydrogen-bond donors (Lipinski definition) is 0. The second kappa shape index (κ2) is 4.98. The number of hydrogen-bond acceptors (Lipinski definition) is 3. The summed E-state index contributed by atoms with van der Waals surface area (Å²) in [5, 5.41) is 8.39. The minimum atomic E-state index is 0.679. The van der Waals surface area contributed by atoms with Crippen LogP contribution in [0.4, 0.5) is 0 Å². The van der Waals surface area contributed by atoms with Gasteiger partial charge in [-0.15, -0.1) is 10.2 Å². The fourth-order valence-electron chi connectivity index (χ4n) is 1.99. The fourth-order valence-corrected chi connectivity index (χ4v) is 1.99. The zero-order valence-corrected chi connectivity index (χ0v) is 10.6. The van der Waals surface area contributed by atoms with E-state index < -0.39 is 0 Å². The maximum atomic E-state index is 4.55. The highest BCUT2D eigenvalue weighted by atomic mass is 15.2. The van der Waals surface area contributed by atoms with Gasteiger partial charge in [0.25, 0.3) is 0 Å². The lowest BCUT2D eigenvalue weighted by Crippen LogP contribution is -1.99. The highest BCUT2D eigenvalue weighted by molar-refractivity contribution is 5.77. The normalized spacial score (nSPS) is 10.4. The van der Waals surface area contributed by atoms with E-state index in [1.807, 2.05) is 67.6 Å². The zero-order chi connectivity index (χ0) is 13.1. The van der Waals surface area contributed by atoms with E-state index in [2.05, 4.69) is 15.2 Å². The predicted molar refractivity (Wildman–Crippen MR) is 75.4 cm³/mol. The van der Waals surface area contributed by atoms with E-state index in [1.165, 1.54) is 0 Å². The molecule has 0 aliphatic carbocycles. The molecule has 0 spiro atoms. The van der Waals surface area contributed by atoms with Gasteiger partial charge in [0.05, 0.1) is 0 Å². The van der Waals surface area contributed by atoms with E-state index in [0.29, 0.717) is 5.82 Å². The SMILES string of the molecule is Cc1nnc(-c2ccccc2)c(-c2ccccc2)n1. The molecule has 3 aromatic rings. The smallest absolute Gasteiger partial charge is 0.148 e. The maximum Gasteiger partial charge on any atom is 0.148 e. The molecule has 0 aliphatic heterocycles. The first-order valence-corrected chi connectivity index (χ1v) is 6.17. The Morgan fingerprint density at radius 3 is 1.74 bits per heavy atom. The van der Waals surface area contributed by atoms with E-state index in [9.17, 15) is 0 Å². The molecule has 1 heterocycles. The summed E-state index contributed by atoms with van der Waals surface area (Å²) >= 11 is 0. The Morgan fingerprint density at radius 2 is 1.16 bits per heavy atom. The van der Waals surface area contributed by atoms with Gasteiger partial charge in [-0.1, -0.05) is 60.7 Å². The lowest BCUT2D eigenvalue weighted by atomic mass is 10.0. The highest BCUT2D eigenvalue weighted by Crippen LogP contribution is 2.27. The Labute approximate surface area is 112 Å². The number of nitrogens with zero attached hydrogens (tertiary/aromatic N) is 3. The molecule has 3 heteroatoms. The van der Waals surface area contributed by atoms with Crippen LogP contribution in [0.15, 0.2) is 60.7 Å². The molecule has 0 atom stereocenters. The van der Waals surface area contributed by atoms with Crippen LogP contribution in [-0.4, -0.2) is 15.2 Å². The first-order chi connectivity index (χ1) is 9.34. The summed E-state index contributed by atoms with van der Waals surface area (Å²) in [4.78, 5) is 4.55. The van der Waals surface area contributed by atoms with Crippen molar-refractivity contribution < 1.29 is 0 Å². The molecule has 0 amide bonds. The van der Waals surface area contributed by atoms with Crippen LogP contribution in [0.3, 0.4) is 0 Å². The Balaban J connectivity index is 2.21. The third-order valence-electron chi connectivity index (χ3n) is 2.89. The van der Waals surface area contributed by atoms with E-state index >= 15 is 0 Å². The largest absolute Gasteiger partial charge is 0.229 e. The third kappa shape index (κ3) is 2.36. The van der Waals surface area contributed by atoms with Gasteiger partial charge in [-0.05, 0) is 6.92 Å². The first kappa shape index (κ1) is 11.5. The Kier molecular flexibility index (Phi) is 3.02. The van der Waals surface area contributed by atoms with Crippen molar-refractivity contribution in [3.05, 3.63) is 66.5 Å². The summed E-state index contributed by atoms with van der Waals surface area (Å²) in [5.41, 5.74) is 3.78. The molecule has 0 radical (unpaired) electrons. The average Bonchev–Trinajstić information content (AvgIpc) is 2.49. The Hall–Kier alpha value is -2.55. The molecule has 1 aromatic heterocycles. The summed E-state index contributed by atoms with van der Waals surface area (Å²) in [6.45, 7) is 1.86. The van der Waals surface area contributed by atoms with Gasteiger partial charge in [0, 0.05) is 11.1 Å². The standard InChI is InChI=1S/C16H13N3/c1-12-17-15(13-8-4-2-5-9-13)16(19-18-12)14-10-6-3-7-11-14/h2-11H,1H3. The van der Waals surface area contributed by atoms with Crippen LogP contribution >= 0.6 is 0 Å². The molecule has 19 heavy (non-hydrogen) atoms. The molecule has 3 rings (SSSR count). The molecule has 92 valence electrons. The quantitative estimate of drug-likeness (QED) is 0.695. The summed E-state index contributed by atoms with van der Waals surface area (Å²) in [7, 11) is 0. The number of benzene rings is 2. The lowest BCUT2D eigenvalue weighted by Gasteiger charge is -2.07. The first-order valence-electron chi connectivity index (χ1n) is 6.17. The van der Waals surface area contributed by atoms with Crippen LogP contribution in [0.2, 0.25) is 0 Å². The van der Waals surface area contributed by atoms with Gasteiger partial charge in [0.1, 0.15) is 17.2 Å². The topological polar surface area (TPSA) is 38.7 Å². The van der Waals surface area contributed by atoms with Crippen molar-refractivity contribution in [2.45, 2.75) is 6.92 Å². The Bertz CT molecular complexity index is 679. The van der Waals surface area contributed by atoms with Gasteiger partial charge in [0.15, 0.2) is 0 Å². The molecule has 0 saturated carbocycles. The van der Waals surface area contributed by atoms with Gasteiger partial charge >= 0.3 is 0 Å². The lowest BCUT2D eigenvalue weighted by molar-refractivity contribution is 0.918. The summed E-state index contributed by atoms with van der Waals surface area (Å²) in [6.07, 6.45) is 0. The van der Waals surface area contributed by atoms with Gasteiger partial charge in [0.2, 0.25) is 0 Å². The minimum absolute atomic E-state index is 0.679. The average molecular weight is 247 g/mol. The third-order valence-corrected chi connectivity index (χ3v) is 2.89. The van der Waals surface area contributed by atoms with Crippen LogP contribution in [0.25, 0.3) is 22.5 Å². The van der Waals surface area contributed by atoms with Crippen molar-refractivity contribution in [1.82, 2.24) is 15.2 Å². The van der Waals surface area contributed by atoms with Crippen molar-refractivity contribution in [2.75, 3.05) is 0 Å². The van der Waals surface area contributed by atoms with Crippen LogP contribution in [0.1, 0.15) is 5.82 Å². The summed E-state index contributed by atoms with van der Waals surface area (Å²) < 4.78 is 0. The van der Waals surface area contributed by atoms with Crippen LogP contribution in [0, 0.1) is 6.92 Å². The van der Waals surface area contributed by atoms with Crippen LogP contribution < -0.4 is 0 Å². The molecule has 0 aliphatic rings. The highest BCUT2D eigenvalue weighted by Gasteiger charge is 2.11. The zero-order valence-electron chi connectivity index (χ0n) is 10.6. The van der Waals surface area contributed by atoms with Crippen molar-refractivity contribution >= 4 is 0 Å². The molecule has 3 nitrogen and oxygen atoms in total. The van der Waals surface area contributed by atoms with Crippen molar-refractivity contribution in [3.8, 4) is 22.5 Å². The number of rotatable bonds is 2. The second-order valence-corrected chi connectivity index (χ2v) is 4.29. The molecule has 0 saturated heterocycles. The molecule has 0 unspecified atom stereocenters. The molecular weight excluding hydrogens is 234 g/mol. The van der Waals surface area contributed by atoms with Crippen LogP contribution in [-0.2, 0) is 0 Å². The molecule has 0 N–H and O–H groups in total. The minimum Gasteiger partial charge on any atom is -0.229 e. The molecular formula is C16H13N3. The van der Waals surface area contributed by atoms with E-state index in [0.717, 1.165) is 22.5 Å². The number of aryl methyl sites for hydroxylation is 1. The van der Waals surface area contributed by atoms with Gasteiger partial charge in [-0.2, -0.15) is 0 Å². The van der Waals surface area contributed by atoms with Gasteiger partial charge in [-0.3, -0.25) is 0 Å². The second-order valence-electron chi connectivity index (χ2n) is 4.29. The van der Waals surface area contributed by atoms with Crippen LogP contribution in [0.5, 0.6) is 0 Å². The van der Waals surface area contributed by atoms with Crippen molar-refractivity contribution in [3.63, 3.8) is 0 Å². The molecule has 2 aromatic carbocycles. The molecule has 0 fully saturated rings. The maximum absolute atomic E-state index is 4.55. The number of aromatic nitrogens is 3. The van der Waals surface area contributed by atoms with Gasteiger partial charge in [-0.25, -0.2) is 4.98 Å². The van der Waals surface area contributed by atoms with Crippen molar-refractivity contribution in [1.29, 1.82) is 0 Å². The van der Waals surface area contributed by atoms with E-state index in [4.69, 9.17) is 0 Å². The summed E-state index contributed by atoms with van der Waals surface area (Å²) in [5.74, 6) is 0.679. The predicted octanol–water partition coefficient (Wildman–Crippen LogP) is 3.51. The fraction of sp³-hybridized carbons (Fsp3) is 0.0625. The Morgan fingerprint density at radius 1 is 0.632 bits per heavy atom. The molecule has 0 bridgehead atoms. The monoisotopic (exact) mass is 247 g/mol. The van der Waals surface area contributed by atoms with E-state index in [1.54, 1.807) is 0 Å².